The van der Waals surface area contributed by atoms with Gasteiger partial charge in [0.15, 0.2) is 0 Å². The first kappa shape index (κ1) is 10.3. The van der Waals surface area contributed by atoms with Gasteiger partial charge in [-0.1, -0.05) is 11.6 Å². The van der Waals surface area contributed by atoms with Gasteiger partial charge in [0.05, 0.1) is 4.92 Å². The Morgan fingerprint density at radius 3 is 2.50 bits per heavy atom. The molecule has 74 valence electrons. The maximum Gasteiger partial charge on any atom is 0.264 e. The number of nitro benzene ring substituents is 1. The molecule has 14 heavy (non-hydrogen) atoms. The molecule has 0 unspecified atom stereocenters. The number of amides is 1. The van der Waals surface area contributed by atoms with Crippen molar-refractivity contribution in [1.82, 2.24) is 0 Å². The van der Waals surface area contributed by atoms with E-state index in [0.717, 1.165) is 12.1 Å². The van der Waals surface area contributed by atoms with Crippen molar-refractivity contribution in [2.75, 3.05) is 0 Å². The smallest absolute Gasteiger partial charge is 0.264 e. The first-order chi connectivity index (χ1) is 6.43. The number of hydrogen-bond acceptors (Lipinski definition) is 4. The molecule has 6 nitrogen and oxygen atoms in total. The highest BCUT2D eigenvalue weighted by Crippen LogP contribution is 2.30. The topological polar surface area (TPSA) is 109 Å². The Morgan fingerprint density at radius 1 is 1.50 bits per heavy atom. The highest BCUT2D eigenvalue weighted by molar-refractivity contribution is 6.31. The van der Waals surface area contributed by atoms with Crippen molar-refractivity contribution in [3.63, 3.8) is 0 Å². The van der Waals surface area contributed by atoms with Gasteiger partial charge in [-0.3, -0.25) is 14.9 Å². The number of primary amides is 1. The molecule has 0 aliphatic heterocycles. The van der Waals surface area contributed by atoms with Crippen molar-refractivity contribution < 1.29 is 14.8 Å². The number of nitrogens with zero attached hydrogens (tertiary/aromatic N) is 1. The molecule has 7 heteroatoms. The van der Waals surface area contributed by atoms with Crippen LogP contribution in [0, 0.1) is 10.1 Å². The van der Waals surface area contributed by atoms with Crippen LogP contribution in [0.1, 0.15) is 10.4 Å². The summed E-state index contributed by atoms with van der Waals surface area (Å²) in [6.07, 6.45) is 0. The largest absolute Gasteiger partial charge is 0.867 e. The van der Waals surface area contributed by atoms with E-state index in [1.807, 2.05) is 0 Å². The normalized spacial score (nSPS) is 9.79. The number of halogens is 1. The molecule has 0 saturated carbocycles. The summed E-state index contributed by atoms with van der Waals surface area (Å²) in [5, 5.41) is 21.5. The van der Waals surface area contributed by atoms with Crippen molar-refractivity contribution >= 4 is 23.2 Å². The molecule has 0 aromatic heterocycles. The SMILES string of the molecule is NC(=O)c1cc(Cl)cc([N+](=O)[O-])c1[O-]. The van der Waals surface area contributed by atoms with Gasteiger partial charge in [0.1, 0.15) is 0 Å². The Bertz CT molecular complexity index is 383. The van der Waals surface area contributed by atoms with Crippen molar-refractivity contribution in [2.24, 2.45) is 5.73 Å². The molecule has 0 heterocycles. The predicted octanol–water partition coefficient (Wildman–Crippen LogP) is 0.421. The third-order valence-corrected chi connectivity index (χ3v) is 1.71. The number of nitrogens with two attached hydrogens (primary N) is 1. The monoisotopic (exact) mass is 215 g/mol. The van der Waals surface area contributed by atoms with E-state index in [4.69, 9.17) is 17.3 Å². The third kappa shape index (κ3) is 1.74. The highest BCUT2D eigenvalue weighted by atomic mass is 35.5. The van der Waals surface area contributed by atoms with Crippen molar-refractivity contribution in [3.8, 4) is 5.75 Å². The van der Waals surface area contributed by atoms with Crippen LogP contribution in [-0.2, 0) is 0 Å². The number of rotatable bonds is 2. The molecule has 0 bridgehead atoms. The zero-order chi connectivity index (χ0) is 10.9. The second-order valence-corrected chi connectivity index (χ2v) is 2.86. The fourth-order valence-electron chi connectivity index (χ4n) is 0.898. The molecule has 2 N–H and O–H groups in total. The summed E-state index contributed by atoms with van der Waals surface area (Å²) in [5.41, 5.74) is 3.59. The van der Waals surface area contributed by atoms with E-state index in [1.54, 1.807) is 0 Å². The zero-order valence-corrected chi connectivity index (χ0v) is 7.45. The van der Waals surface area contributed by atoms with Crippen LogP contribution >= 0.6 is 11.6 Å². The quantitative estimate of drug-likeness (QED) is 0.569. The van der Waals surface area contributed by atoms with Crippen LogP contribution < -0.4 is 10.8 Å². The van der Waals surface area contributed by atoms with Crippen LogP contribution in [0.5, 0.6) is 5.75 Å². The highest BCUT2D eigenvalue weighted by Gasteiger charge is 2.14. The predicted molar refractivity (Wildman–Crippen MR) is 46.1 cm³/mol. The summed E-state index contributed by atoms with van der Waals surface area (Å²) in [6, 6.07) is 1.87. The molecule has 1 rings (SSSR count). The van der Waals surface area contributed by atoms with Gasteiger partial charge < -0.3 is 10.8 Å². The lowest BCUT2D eigenvalue weighted by Gasteiger charge is -2.10. The summed E-state index contributed by atoms with van der Waals surface area (Å²) >= 11 is 5.46. The summed E-state index contributed by atoms with van der Waals surface area (Å²) < 4.78 is 0. The lowest BCUT2D eigenvalue weighted by Crippen LogP contribution is -2.15. The Labute approximate surface area is 83.0 Å². The molecule has 0 aliphatic carbocycles. The minimum absolute atomic E-state index is 0.0786. The van der Waals surface area contributed by atoms with Crippen molar-refractivity contribution in [2.45, 2.75) is 0 Å². The summed E-state index contributed by atoms with van der Waals surface area (Å²) in [7, 11) is 0. The van der Waals surface area contributed by atoms with Crippen LogP contribution in [0.2, 0.25) is 5.02 Å². The fraction of sp³-hybridized carbons (Fsp3) is 0. The van der Waals surface area contributed by atoms with Crippen LogP contribution in [-0.4, -0.2) is 10.8 Å². The van der Waals surface area contributed by atoms with Gasteiger partial charge in [-0.25, -0.2) is 0 Å². The van der Waals surface area contributed by atoms with Gasteiger partial charge in [0.2, 0.25) is 5.91 Å². The zero-order valence-electron chi connectivity index (χ0n) is 6.69. The summed E-state index contributed by atoms with van der Waals surface area (Å²) in [6.45, 7) is 0. The maximum atomic E-state index is 11.2. The summed E-state index contributed by atoms with van der Waals surface area (Å²) in [4.78, 5) is 20.1. The van der Waals surface area contributed by atoms with Crippen molar-refractivity contribution in [1.29, 1.82) is 0 Å². The molecule has 0 aliphatic rings. The van der Waals surface area contributed by atoms with E-state index in [0.29, 0.717) is 0 Å². The van der Waals surface area contributed by atoms with Gasteiger partial charge in [-0.15, -0.1) is 0 Å². The molecule has 1 aromatic carbocycles. The maximum absolute atomic E-state index is 11.2. The van der Waals surface area contributed by atoms with Crippen LogP contribution in [0.15, 0.2) is 12.1 Å². The van der Waals surface area contributed by atoms with E-state index >= 15 is 0 Å². The Kier molecular flexibility index (Phi) is 2.57. The van der Waals surface area contributed by atoms with E-state index in [-0.39, 0.29) is 5.02 Å². The summed E-state index contributed by atoms with van der Waals surface area (Å²) in [5.74, 6) is -2.06. The number of nitro groups is 1. The average Bonchev–Trinajstić information content (AvgIpc) is 2.07. The van der Waals surface area contributed by atoms with Crippen LogP contribution in [0.4, 0.5) is 5.69 Å². The molecule has 0 atom stereocenters. The minimum atomic E-state index is -1.04. The molecule has 1 amide bonds. The third-order valence-electron chi connectivity index (χ3n) is 1.50. The van der Waals surface area contributed by atoms with Gasteiger partial charge in [0.25, 0.3) is 5.69 Å². The van der Waals surface area contributed by atoms with E-state index in [9.17, 15) is 20.0 Å². The molecule has 0 fully saturated rings. The molecule has 0 radical (unpaired) electrons. The van der Waals surface area contributed by atoms with Gasteiger partial charge >= 0.3 is 0 Å². The van der Waals surface area contributed by atoms with Gasteiger partial charge in [-0.2, -0.15) is 0 Å². The average molecular weight is 216 g/mol. The fourth-order valence-corrected chi connectivity index (χ4v) is 1.11. The Hall–Kier alpha value is -1.82. The van der Waals surface area contributed by atoms with E-state index in [1.165, 1.54) is 0 Å². The number of carbonyl (C=O) groups is 1. The first-order valence-electron chi connectivity index (χ1n) is 3.38. The van der Waals surface area contributed by atoms with Crippen molar-refractivity contribution in [3.05, 3.63) is 32.8 Å². The second kappa shape index (κ2) is 3.51. The molecular formula is C7H4ClN2O4-. The van der Waals surface area contributed by atoms with E-state index in [2.05, 4.69) is 0 Å². The Balaban J connectivity index is 3.47. The van der Waals surface area contributed by atoms with Crippen LogP contribution in [0.3, 0.4) is 0 Å². The molecule has 1 aromatic rings. The standard InChI is InChI=1S/C7H5ClN2O4/c8-3-1-4(7(9)12)6(11)5(2-3)10(13)14/h1-2,11H,(H2,9,12)/p-1. The number of carbonyl (C=O) groups excluding carboxylic acids is 1. The Morgan fingerprint density at radius 2 is 2.07 bits per heavy atom. The number of hydrogen-bond donors (Lipinski definition) is 1. The number of benzene rings is 1. The van der Waals surface area contributed by atoms with Crippen LogP contribution in [0.25, 0.3) is 0 Å². The minimum Gasteiger partial charge on any atom is -0.867 e. The van der Waals surface area contributed by atoms with Gasteiger partial charge in [-0.05, 0) is 11.8 Å². The van der Waals surface area contributed by atoms with Gasteiger partial charge in [0, 0.05) is 16.7 Å². The molecule has 0 spiro atoms. The molecular weight excluding hydrogens is 212 g/mol. The second-order valence-electron chi connectivity index (χ2n) is 2.42. The molecule has 0 saturated heterocycles. The first-order valence-corrected chi connectivity index (χ1v) is 3.76. The van der Waals surface area contributed by atoms with E-state index < -0.39 is 27.8 Å². The lowest BCUT2D eigenvalue weighted by atomic mass is 10.1. The lowest BCUT2D eigenvalue weighted by molar-refractivity contribution is -0.398.